The van der Waals surface area contributed by atoms with Crippen LogP contribution in [0.4, 0.5) is 5.82 Å². The number of fused-ring (bicyclic) bond motifs is 1. The lowest BCUT2D eigenvalue weighted by atomic mass is 9.95. The fraction of sp³-hybridized carbons (Fsp3) is 0.500. The van der Waals surface area contributed by atoms with Gasteiger partial charge in [-0.2, -0.15) is 0 Å². The minimum Gasteiger partial charge on any atom is -0.493 e. The Kier molecular flexibility index (Phi) is 4.52. The Morgan fingerprint density at radius 2 is 1.73 bits per heavy atom. The largest absolute Gasteiger partial charge is 0.493 e. The van der Waals surface area contributed by atoms with Crippen molar-refractivity contribution in [2.45, 2.75) is 38.1 Å². The van der Waals surface area contributed by atoms with Crippen molar-refractivity contribution in [2.75, 3.05) is 19.5 Å². The van der Waals surface area contributed by atoms with Crippen LogP contribution in [0, 0.1) is 0 Å². The van der Waals surface area contributed by atoms with Crippen LogP contribution in [-0.2, 0) is 0 Å². The van der Waals surface area contributed by atoms with Crippen LogP contribution in [0.2, 0.25) is 5.28 Å². The third-order valence-electron chi connectivity index (χ3n) is 4.12. The van der Waals surface area contributed by atoms with Crippen LogP contribution in [-0.4, -0.2) is 30.2 Å². The highest BCUT2D eigenvalue weighted by Crippen LogP contribution is 2.35. The molecule has 1 fully saturated rings. The first-order valence-electron chi connectivity index (χ1n) is 7.57. The fourth-order valence-corrected chi connectivity index (χ4v) is 3.15. The Bertz CT molecular complexity index is 672. The number of halogens is 1. The third-order valence-corrected chi connectivity index (χ3v) is 4.29. The Balaban J connectivity index is 2.03. The second kappa shape index (κ2) is 6.57. The SMILES string of the molecule is COc1cc2nc(Cl)nc(NC3CCCCC3)c2cc1OC. The maximum absolute atomic E-state index is 6.08. The minimum absolute atomic E-state index is 0.234. The van der Waals surface area contributed by atoms with E-state index in [1.54, 1.807) is 14.2 Å². The highest BCUT2D eigenvalue weighted by atomic mass is 35.5. The summed E-state index contributed by atoms with van der Waals surface area (Å²) in [7, 11) is 3.22. The zero-order chi connectivity index (χ0) is 15.5. The number of anilines is 1. The van der Waals surface area contributed by atoms with Crippen LogP contribution >= 0.6 is 11.6 Å². The molecule has 3 rings (SSSR count). The number of hydrogen-bond acceptors (Lipinski definition) is 5. The van der Waals surface area contributed by atoms with Crippen molar-refractivity contribution in [1.82, 2.24) is 9.97 Å². The van der Waals surface area contributed by atoms with Crippen LogP contribution in [0.5, 0.6) is 11.5 Å². The topological polar surface area (TPSA) is 56.3 Å². The quantitative estimate of drug-likeness (QED) is 0.861. The van der Waals surface area contributed by atoms with E-state index in [1.165, 1.54) is 19.3 Å². The van der Waals surface area contributed by atoms with Gasteiger partial charge in [0.1, 0.15) is 5.82 Å². The predicted octanol–water partition coefficient (Wildman–Crippen LogP) is 4.05. The molecule has 5 nitrogen and oxygen atoms in total. The van der Waals surface area contributed by atoms with Gasteiger partial charge in [0.15, 0.2) is 11.5 Å². The molecule has 0 amide bonds. The van der Waals surface area contributed by atoms with Crippen LogP contribution in [0.15, 0.2) is 12.1 Å². The van der Waals surface area contributed by atoms with Gasteiger partial charge in [-0.25, -0.2) is 9.97 Å². The van der Waals surface area contributed by atoms with Crippen LogP contribution in [0.1, 0.15) is 32.1 Å². The number of nitrogens with zero attached hydrogens (tertiary/aromatic N) is 2. The molecule has 0 saturated heterocycles. The fourth-order valence-electron chi connectivity index (χ4n) is 2.98. The van der Waals surface area contributed by atoms with E-state index in [1.807, 2.05) is 12.1 Å². The van der Waals surface area contributed by atoms with Crippen LogP contribution in [0.25, 0.3) is 10.9 Å². The van der Waals surface area contributed by atoms with E-state index < -0.39 is 0 Å². The highest BCUT2D eigenvalue weighted by molar-refractivity contribution is 6.28. The molecule has 1 aliphatic rings. The molecular formula is C16H20ClN3O2. The average molecular weight is 322 g/mol. The smallest absolute Gasteiger partial charge is 0.224 e. The van der Waals surface area contributed by atoms with Crippen molar-refractivity contribution in [3.05, 3.63) is 17.4 Å². The van der Waals surface area contributed by atoms with Gasteiger partial charge < -0.3 is 14.8 Å². The number of methoxy groups -OCH3 is 2. The summed E-state index contributed by atoms with van der Waals surface area (Å²) in [4.78, 5) is 8.67. The number of hydrogen-bond donors (Lipinski definition) is 1. The Hall–Kier alpha value is -1.75. The lowest BCUT2D eigenvalue weighted by Crippen LogP contribution is -2.23. The van der Waals surface area contributed by atoms with E-state index >= 15 is 0 Å². The molecule has 118 valence electrons. The maximum atomic E-state index is 6.08. The summed E-state index contributed by atoms with van der Waals surface area (Å²) in [5, 5.41) is 4.65. The predicted molar refractivity (Wildman–Crippen MR) is 88.1 cm³/mol. The van der Waals surface area contributed by atoms with E-state index in [2.05, 4.69) is 15.3 Å². The average Bonchev–Trinajstić information content (AvgIpc) is 2.54. The summed E-state index contributed by atoms with van der Waals surface area (Å²) in [6.45, 7) is 0. The standard InChI is InChI=1S/C16H20ClN3O2/c1-21-13-8-11-12(9-14(13)22-2)19-16(17)20-15(11)18-10-6-4-3-5-7-10/h8-10H,3-7H2,1-2H3,(H,18,19,20). The Morgan fingerprint density at radius 1 is 1.05 bits per heavy atom. The number of aromatic nitrogens is 2. The monoisotopic (exact) mass is 321 g/mol. The van der Waals surface area contributed by atoms with Crippen molar-refractivity contribution in [3.63, 3.8) is 0 Å². The molecule has 0 bridgehead atoms. The first kappa shape index (κ1) is 15.2. The van der Waals surface area contributed by atoms with E-state index in [9.17, 15) is 0 Å². The Labute approximate surface area is 135 Å². The summed E-state index contributed by atoms with van der Waals surface area (Å²) in [5.41, 5.74) is 0.746. The highest BCUT2D eigenvalue weighted by Gasteiger charge is 2.17. The zero-order valence-electron chi connectivity index (χ0n) is 12.9. The van der Waals surface area contributed by atoms with Gasteiger partial charge in [0.25, 0.3) is 0 Å². The molecule has 22 heavy (non-hydrogen) atoms. The molecule has 0 unspecified atom stereocenters. The molecule has 0 spiro atoms. The van der Waals surface area contributed by atoms with Crippen molar-refractivity contribution >= 4 is 28.3 Å². The summed E-state index contributed by atoms with van der Waals surface area (Å²) >= 11 is 6.08. The maximum Gasteiger partial charge on any atom is 0.224 e. The molecule has 1 saturated carbocycles. The minimum atomic E-state index is 0.234. The van der Waals surface area contributed by atoms with E-state index in [4.69, 9.17) is 21.1 Å². The van der Waals surface area contributed by atoms with Crippen molar-refractivity contribution < 1.29 is 9.47 Å². The lowest BCUT2D eigenvalue weighted by Gasteiger charge is -2.24. The molecule has 2 aromatic rings. The first-order valence-corrected chi connectivity index (χ1v) is 7.95. The molecule has 0 radical (unpaired) electrons. The van der Waals surface area contributed by atoms with Gasteiger partial charge in [0.05, 0.1) is 19.7 Å². The van der Waals surface area contributed by atoms with E-state index in [0.717, 1.165) is 29.6 Å². The van der Waals surface area contributed by atoms with Gasteiger partial charge in [0.2, 0.25) is 5.28 Å². The molecule has 1 aromatic carbocycles. The van der Waals surface area contributed by atoms with Crippen molar-refractivity contribution in [2.24, 2.45) is 0 Å². The van der Waals surface area contributed by atoms with Gasteiger partial charge in [-0.05, 0) is 30.5 Å². The van der Waals surface area contributed by atoms with Gasteiger partial charge in [0, 0.05) is 17.5 Å². The summed E-state index contributed by atoms with van der Waals surface area (Å²) in [6, 6.07) is 4.17. The summed E-state index contributed by atoms with van der Waals surface area (Å²) in [5.74, 6) is 2.06. The molecule has 1 heterocycles. The van der Waals surface area contributed by atoms with E-state index in [-0.39, 0.29) is 5.28 Å². The van der Waals surface area contributed by atoms with Crippen molar-refractivity contribution in [1.29, 1.82) is 0 Å². The zero-order valence-corrected chi connectivity index (χ0v) is 13.6. The van der Waals surface area contributed by atoms with E-state index in [0.29, 0.717) is 17.5 Å². The molecule has 6 heteroatoms. The third kappa shape index (κ3) is 3.04. The van der Waals surface area contributed by atoms with Gasteiger partial charge in [-0.15, -0.1) is 0 Å². The van der Waals surface area contributed by atoms with Crippen LogP contribution in [0.3, 0.4) is 0 Å². The van der Waals surface area contributed by atoms with Gasteiger partial charge in [-0.3, -0.25) is 0 Å². The molecule has 1 aromatic heterocycles. The molecule has 0 aliphatic heterocycles. The normalized spacial score (nSPS) is 15.8. The van der Waals surface area contributed by atoms with Crippen molar-refractivity contribution in [3.8, 4) is 11.5 Å². The summed E-state index contributed by atoms with van der Waals surface area (Å²) in [6.07, 6.45) is 6.15. The summed E-state index contributed by atoms with van der Waals surface area (Å²) < 4.78 is 10.7. The molecule has 1 aliphatic carbocycles. The second-order valence-corrected chi connectivity index (χ2v) is 5.88. The molecule has 0 atom stereocenters. The van der Waals surface area contributed by atoms with Gasteiger partial charge >= 0.3 is 0 Å². The molecule has 1 N–H and O–H groups in total. The van der Waals surface area contributed by atoms with Gasteiger partial charge in [-0.1, -0.05) is 19.3 Å². The molecular weight excluding hydrogens is 302 g/mol. The lowest BCUT2D eigenvalue weighted by molar-refractivity contribution is 0.356. The van der Waals surface area contributed by atoms with Crippen LogP contribution < -0.4 is 14.8 Å². The number of benzene rings is 1. The Morgan fingerprint density at radius 3 is 2.41 bits per heavy atom. The number of rotatable bonds is 4. The number of nitrogens with one attached hydrogen (secondary N) is 1. The number of ether oxygens (including phenoxy) is 2. The first-order chi connectivity index (χ1) is 10.7. The second-order valence-electron chi connectivity index (χ2n) is 5.54.